The Labute approximate surface area is 120 Å². The van der Waals surface area contributed by atoms with E-state index in [0.717, 1.165) is 0 Å². The Morgan fingerprint density at radius 2 is 1.85 bits per heavy atom. The second-order valence-corrected chi connectivity index (χ2v) is 4.16. The van der Waals surface area contributed by atoms with Crippen molar-refractivity contribution in [3.8, 4) is 5.75 Å². The number of carbonyl (C=O) groups excluding carboxylic acids is 2. The van der Waals surface area contributed by atoms with Gasteiger partial charge < -0.3 is 14.6 Å². The van der Waals surface area contributed by atoms with Crippen LogP contribution in [-0.2, 0) is 14.3 Å². The van der Waals surface area contributed by atoms with E-state index in [0.29, 0.717) is 0 Å². The van der Waals surface area contributed by atoms with Crippen LogP contribution < -0.4 is 4.74 Å². The third-order valence-electron chi connectivity index (χ3n) is 2.23. The minimum atomic E-state index is -1.26. The van der Waals surface area contributed by atoms with Gasteiger partial charge in [0.1, 0.15) is 11.3 Å². The Morgan fingerprint density at radius 3 is 2.45 bits per heavy atom. The number of esters is 2. The molecule has 108 valence electrons. The SMILES string of the molecule is CCOC(=O)CCC(=O)Oc1ccc(Cl)cc1C(=O)O. The van der Waals surface area contributed by atoms with Crippen LogP contribution >= 0.6 is 11.6 Å². The van der Waals surface area contributed by atoms with E-state index in [1.165, 1.54) is 18.2 Å². The average molecular weight is 301 g/mol. The molecule has 0 unspecified atom stereocenters. The van der Waals surface area contributed by atoms with Gasteiger partial charge in [0, 0.05) is 5.02 Å². The van der Waals surface area contributed by atoms with Crippen molar-refractivity contribution in [2.45, 2.75) is 19.8 Å². The molecular formula is C13H13ClO6. The van der Waals surface area contributed by atoms with Gasteiger partial charge in [-0.1, -0.05) is 11.6 Å². The molecule has 0 fully saturated rings. The summed E-state index contributed by atoms with van der Waals surface area (Å²) in [7, 11) is 0. The van der Waals surface area contributed by atoms with Crippen molar-refractivity contribution in [2.24, 2.45) is 0 Å². The number of halogens is 1. The predicted molar refractivity (Wildman–Crippen MR) is 69.9 cm³/mol. The van der Waals surface area contributed by atoms with E-state index in [4.69, 9.17) is 21.4 Å². The zero-order valence-electron chi connectivity index (χ0n) is 10.7. The smallest absolute Gasteiger partial charge is 0.339 e. The highest BCUT2D eigenvalue weighted by Gasteiger charge is 2.16. The normalized spacial score (nSPS) is 9.90. The third-order valence-corrected chi connectivity index (χ3v) is 2.47. The lowest BCUT2D eigenvalue weighted by Crippen LogP contribution is -2.14. The minimum absolute atomic E-state index is 0.115. The summed E-state index contributed by atoms with van der Waals surface area (Å²) >= 11 is 5.67. The summed E-state index contributed by atoms with van der Waals surface area (Å²) in [5.41, 5.74) is -0.220. The van der Waals surface area contributed by atoms with Crippen molar-refractivity contribution in [3.05, 3.63) is 28.8 Å². The fourth-order valence-electron chi connectivity index (χ4n) is 1.37. The van der Waals surface area contributed by atoms with Crippen LogP contribution in [0.3, 0.4) is 0 Å². The monoisotopic (exact) mass is 300 g/mol. The molecule has 0 heterocycles. The Balaban J connectivity index is 2.66. The van der Waals surface area contributed by atoms with Crippen LogP contribution in [-0.4, -0.2) is 29.6 Å². The molecule has 0 spiro atoms. The highest BCUT2D eigenvalue weighted by Crippen LogP contribution is 2.23. The highest BCUT2D eigenvalue weighted by molar-refractivity contribution is 6.31. The van der Waals surface area contributed by atoms with Gasteiger partial charge in [0.25, 0.3) is 0 Å². The molecule has 1 rings (SSSR count). The molecule has 6 nitrogen and oxygen atoms in total. The van der Waals surface area contributed by atoms with Crippen LogP contribution in [0.25, 0.3) is 0 Å². The first kappa shape index (κ1) is 16.0. The quantitative estimate of drug-likeness (QED) is 0.640. The maximum absolute atomic E-state index is 11.5. The molecule has 7 heteroatoms. The van der Waals surface area contributed by atoms with Gasteiger partial charge in [-0.3, -0.25) is 9.59 Å². The second-order valence-electron chi connectivity index (χ2n) is 3.72. The fourth-order valence-corrected chi connectivity index (χ4v) is 1.54. The molecule has 0 aromatic heterocycles. The number of hydrogen-bond donors (Lipinski definition) is 1. The number of benzene rings is 1. The van der Waals surface area contributed by atoms with Crippen LogP contribution in [0.4, 0.5) is 0 Å². The van der Waals surface area contributed by atoms with E-state index in [1.54, 1.807) is 6.92 Å². The van der Waals surface area contributed by atoms with Gasteiger partial charge in [-0.25, -0.2) is 4.79 Å². The van der Waals surface area contributed by atoms with E-state index >= 15 is 0 Å². The number of carbonyl (C=O) groups is 3. The second kappa shape index (κ2) is 7.49. The van der Waals surface area contributed by atoms with Gasteiger partial charge in [-0.2, -0.15) is 0 Å². The zero-order chi connectivity index (χ0) is 15.1. The van der Waals surface area contributed by atoms with Crippen LogP contribution in [0.15, 0.2) is 18.2 Å². The topological polar surface area (TPSA) is 89.9 Å². The van der Waals surface area contributed by atoms with Crippen molar-refractivity contribution < 1.29 is 29.0 Å². The molecule has 20 heavy (non-hydrogen) atoms. The maximum atomic E-state index is 11.5. The highest BCUT2D eigenvalue weighted by atomic mass is 35.5. The largest absolute Gasteiger partial charge is 0.478 e. The van der Waals surface area contributed by atoms with Crippen molar-refractivity contribution in [2.75, 3.05) is 6.61 Å². The van der Waals surface area contributed by atoms with E-state index in [-0.39, 0.29) is 35.8 Å². The van der Waals surface area contributed by atoms with E-state index < -0.39 is 17.9 Å². The molecule has 0 aliphatic rings. The zero-order valence-corrected chi connectivity index (χ0v) is 11.5. The summed E-state index contributed by atoms with van der Waals surface area (Å²) in [4.78, 5) is 33.6. The fraction of sp³-hybridized carbons (Fsp3) is 0.308. The number of rotatable bonds is 6. The molecule has 0 atom stereocenters. The number of carboxylic acid groups (broad SMARTS) is 1. The standard InChI is InChI=1S/C13H13ClO6/c1-2-19-11(15)5-6-12(16)20-10-4-3-8(14)7-9(10)13(17)18/h3-4,7H,2,5-6H2,1H3,(H,17,18). The van der Waals surface area contributed by atoms with Crippen LogP contribution in [0.2, 0.25) is 5.02 Å². The summed E-state index contributed by atoms with van der Waals surface area (Å²) in [6, 6.07) is 3.87. The van der Waals surface area contributed by atoms with Crippen molar-refractivity contribution in [1.82, 2.24) is 0 Å². The molecular weight excluding hydrogens is 288 g/mol. The number of aromatic carboxylic acids is 1. The number of ether oxygens (including phenoxy) is 2. The lowest BCUT2D eigenvalue weighted by Gasteiger charge is -2.07. The first-order valence-corrected chi connectivity index (χ1v) is 6.21. The number of hydrogen-bond acceptors (Lipinski definition) is 5. The molecule has 0 radical (unpaired) electrons. The minimum Gasteiger partial charge on any atom is -0.478 e. The van der Waals surface area contributed by atoms with Gasteiger partial charge in [0.15, 0.2) is 0 Å². The molecule has 1 N–H and O–H groups in total. The molecule has 1 aromatic carbocycles. The van der Waals surface area contributed by atoms with Crippen LogP contribution in [0, 0.1) is 0 Å². The van der Waals surface area contributed by atoms with Gasteiger partial charge in [-0.05, 0) is 25.1 Å². The van der Waals surface area contributed by atoms with E-state index in [1.807, 2.05) is 0 Å². The summed E-state index contributed by atoms with van der Waals surface area (Å²) in [5, 5.41) is 9.18. The summed E-state index contributed by atoms with van der Waals surface area (Å²) in [6.07, 6.45) is -0.316. The van der Waals surface area contributed by atoms with Crippen LogP contribution in [0.1, 0.15) is 30.1 Å². The molecule has 1 aromatic rings. The molecule has 0 bridgehead atoms. The molecule has 0 aliphatic carbocycles. The van der Waals surface area contributed by atoms with Crippen molar-refractivity contribution in [3.63, 3.8) is 0 Å². The first-order valence-electron chi connectivity index (χ1n) is 5.83. The van der Waals surface area contributed by atoms with Gasteiger partial charge in [-0.15, -0.1) is 0 Å². The van der Waals surface area contributed by atoms with Crippen molar-refractivity contribution in [1.29, 1.82) is 0 Å². The third kappa shape index (κ3) is 4.89. The Hall–Kier alpha value is -2.08. The van der Waals surface area contributed by atoms with Crippen molar-refractivity contribution >= 4 is 29.5 Å². The van der Waals surface area contributed by atoms with Gasteiger partial charge in [0.2, 0.25) is 0 Å². The Kier molecular flexibility index (Phi) is 5.99. The van der Waals surface area contributed by atoms with E-state index in [2.05, 4.69) is 4.74 Å². The number of carboxylic acids is 1. The molecule has 0 saturated carbocycles. The van der Waals surface area contributed by atoms with Gasteiger partial charge in [0.05, 0.1) is 19.4 Å². The van der Waals surface area contributed by atoms with Crippen LogP contribution in [0.5, 0.6) is 5.75 Å². The first-order chi connectivity index (χ1) is 9.43. The Morgan fingerprint density at radius 1 is 1.20 bits per heavy atom. The summed E-state index contributed by atoms with van der Waals surface area (Å²) in [6.45, 7) is 1.89. The summed E-state index contributed by atoms with van der Waals surface area (Å²) < 4.78 is 9.57. The summed E-state index contributed by atoms with van der Waals surface area (Å²) in [5.74, 6) is -2.61. The molecule has 0 saturated heterocycles. The van der Waals surface area contributed by atoms with E-state index in [9.17, 15) is 14.4 Å². The average Bonchev–Trinajstić information content (AvgIpc) is 2.38. The Bertz CT molecular complexity index is 526. The van der Waals surface area contributed by atoms with Gasteiger partial charge >= 0.3 is 17.9 Å². The maximum Gasteiger partial charge on any atom is 0.339 e. The molecule has 0 aliphatic heterocycles. The lowest BCUT2D eigenvalue weighted by molar-refractivity contribution is -0.146. The molecule has 0 amide bonds. The predicted octanol–water partition coefficient (Wildman–Crippen LogP) is 2.29. The lowest BCUT2D eigenvalue weighted by atomic mass is 10.2.